The lowest BCUT2D eigenvalue weighted by molar-refractivity contribution is -0.121. The minimum atomic E-state index is 0.0273. The Hall–Kier alpha value is -1.39. The van der Waals surface area contributed by atoms with Crippen LogP contribution < -0.4 is 5.32 Å². The number of piperazine rings is 1. The average molecular weight is 346 g/mol. The standard InChI is InChI=1S/C21H35N3O/c1-4-23-14-16-24(17-15-23)21(2,3)18-22-20(25)13-9-8-12-19-10-6-5-7-11-19/h5-7,10-11H,4,8-9,12-18H2,1-3H3,(H,22,25). The second kappa shape index (κ2) is 9.93. The van der Waals surface area contributed by atoms with Crippen molar-refractivity contribution in [1.82, 2.24) is 15.1 Å². The summed E-state index contributed by atoms with van der Waals surface area (Å²) >= 11 is 0. The Bertz CT molecular complexity index is 507. The highest BCUT2D eigenvalue weighted by Gasteiger charge is 2.29. The Morgan fingerprint density at radius 3 is 2.40 bits per heavy atom. The molecule has 1 saturated heterocycles. The summed E-state index contributed by atoms with van der Waals surface area (Å²) in [4.78, 5) is 17.1. The number of hydrogen-bond donors (Lipinski definition) is 1. The molecule has 1 aliphatic heterocycles. The Balaban J connectivity index is 1.61. The largest absolute Gasteiger partial charge is 0.354 e. The first-order valence-electron chi connectivity index (χ1n) is 9.79. The first-order chi connectivity index (χ1) is 12.0. The Kier molecular flexibility index (Phi) is 7.91. The number of carbonyl (C=O) groups is 1. The van der Waals surface area contributed by atoms with Crippen LogP contribution in [0.2, 0.25) is 0 Å². The van der Waals surface area contributed by atoms with Gasteiger partial charge in [0, 0.05) is 44.7 Å². The van der Waals surface area contributed by atoms with Crippen molar-refractivity contribution in [3.05, 3.63) is 35.9 Å². The fourth-order valence-electron chi connectivity index (χ4n) is 3.44. The van der Waals surface area contributed by atoms with Crippen molar-refractivity contribution in [2.45, 2.75) is 52.0 Å². The van der Waals surface area contributed by atoms with E-state index in [0.29, 0.717) is 6.42 Å². The van der Waals surface area contributed by atoms with Gasteiger partial charge in [0.25, 0.3) is 0 Å². The number of likely N-dealkylation sites (N-methyl/N-ethyl adjacent to an activating group) is 1. The molecule has 4 heteroatoms. The predicted molar refractivity (Wildman–Crippen MR) is 105 cm³/mol. The SMILES string of the molecule is CCN1CCN(C(C)(C)CNC(=O)CCCCc2ccccc2)CC1. The monoisotopic (exact) mass is 345 g/mol. The third-order valence-electron chi connectivity index (χ3n) is 5.36. The minimum absolute atomic E-state index is 0.0273. The number of hydrogen-bond acceptors (Lipinski definition) is 3. The van der Waals surface area contributed by atoms with Gasteiger partial charge in [0.15, 0.2) is 0 Å². The number of aryl methyl sites for hydroxylation is 1. The van der Waals surface area contributed by atoms with E-state index in [1.807, 2.05) is 6.07 Å². The van der Waals surface area contributed by atoms with Crippen LogP contribution in [-0.4, -0.2) is 60.5 Å². The average Bonchev–Trinajstić information content (AvgIpc) is 2.64. The summed E-state index contributed by atoms with van der Waals surface area (Å²) in [5.74, 6) is 0.188. The van der Waals surface area contributed by atoms with Crippen LogP contribution in [0.5, 0.6) is 0 Å². The zero-order valence-electron chi connectivity index (χ0n) is 16.3. The molecule has 0 unspecified atom stereocenters. The zero-order valence-corrected chi connectivity index (χ0v) is 16.3. The molecule has 1 aromatic carbocycles. The number of nitrogens with one attached hydrogen (secondary N) is 1. The highest BCUT2D eigenvalue weighted by atomic mass is 16.1. The van der Waals surface area contributed by atoms with E-state index in [4.69, 9.17) is 0 Å². The van der Waals surface area contributed by atoms with E-state index >= 15 is 0 Å². The molecule has 0 radical (unpaired) electrons. The van der Waals surface area contributed by atoms with Gasteiger partial charge in [0.05, 0.1) is 0 Å². The molecule has 1 aliphatic rings. The highest BCUT2D eigenvalue weighted by molar-refractivity contribution is 5.75. The van der Waals surface area contributed by atoms with Crippen LogP contribution in [0.3, 0.4) is 0 Å². The van der Waals surface area contributed by atoms with Crippen molar-refractivity contribution in [2.24, 2.45) is 0 Å². The molecule has 1 aromatic rings. The van der Waals surface area contributed by atoms with E-state index in [1.165, 1.54) is 5.56 Å². The lowest BCUT2D eigenvalue weighted by Crippen LogP contribution is -2.58. The van der Waals surface area contributed by atoms with Gasteiger partial charge in [-0.3, -0.25) is 9.69 Å². The molecule has 0 atom stereocenters. The molecule has 1 amide bonds. The molecule has 0 bridgehead atoms. The lowest BCUT2D eigenvalue weighted by atomic mass is 10.0. The zero-order chi connectivity index (χ0) is 18.1. The van der Waals surface area contributed by atoms with Gasteiger partial charge >= 0.3 is 0 Å². The van der Waals surface area contributed by atoms with E-state index in [9.17, 15) is 4.79 Å². The van der Waals surface area contributed by atoms with E-state index in [2.05, 4.69) is 60.2 Å². The van der Waals surface area contributed by atoms with Crippen LogP contribution in [0.4, 0.5) is 0 Å². The maximum Gasteiger partial charge on any atom is 0.220 e. The first kappa shape index (κ1) is 19.9. The van der Waals surface area contributed by atoms with Crippen LogP contribution in [0, 0.1) is 0 Å². The number of amides is 1. The Morgan fingerprint density at radius 2 is 1.76 bits per heavy atom. The minimum Gasteiger partial charge on any atom is -0.354 e. The van der Waals surface area contributed by atoms with Crippen LogP contribution in [0.15, 0.2) is 30.3 Å². The van der Waals surface area contributed by atoms with Crippen LogP contribution in [0.25, 0.3) is 0 Å². The molecule has 140 valence electrons. The Morgan fingerprint density at radius 1 is 1.08 bits per heavy atom. The van der Waals surface area contributed by atoms with Gasteiger partial charge < -0.3 is 10.2 Å². The van der Waals surface area contributed by atoms with Crippen molar-refractivity contribution < 1.29 is 4.79 Å². The van der Waals surface area contributed by atoms with Crippen molar-refractivity contribution in [2.75, 3.05) is 39.3 Å². The summed E-state index contributed by atoms with van der Waals surface area (Å²) < 4.78 is 0. The van der Waals surface area contributed by atoms with Gasteiger partial charge in [-0.15, -0.1) is 0 Å². The smallest absolute Gasteiger partial charge is 0.220 e. The summed E-state index contributed by atoms with van der Waals surface area (Å²) in [6, 6.07) is 10.5. The normalized spacial score (nSPS) is 16.8. The van der Waals surface area contributed by atoms with Crippen LogP contribution >= 0.6 is 0 Å². The molecule has 0 saturated carbocycles. The molecule has 1 N–H and O–H groups in total. The summed E-state index contributed by atoms with van der Waals surface area (Å²) in [6.45, 7) is 13.0. The number of carbonyl (C=O) groups excluding carboxylic acids is 1. The van der Waals surface area contributed by atoms with Crippen molar-refractivity contribution in [3.63, 3.8) is 0 Å². The van der Waals surface area contributed by atoms with Gasteiger partial charge in [0.1, 0.15) is 0 Å². The highest BCUT2D eigenvalue weighted by Crippen LogP contribution is 2.16. The molecule has 0 spiro atoms. The van der Waals surface area contributed by atoms with Gasteiger partial charge in [-0.2, -0.15) is 0 Å². The molecule has 4 nitrogen and oxygen atoms in total. The van der Waals surface area contributed by atoms with Crippen molar-refractivity contribution >= 4 is 5.91 Å². The molecular formula is C21H35N3O. The van der Waals surface area contributed by atoms with E-state index in [-0.39, 0.29) is 11.4 Å². The van der Waals surface area contributed by atoms with E-state index in [1.54, 1.807) is 0 Å². The van der Waals surface area contributed by atoms with Crippen molar-refractivity contribution in [1.29, 1.82) is 0 Å². The maximum absolute atomic E-state index is 12.1. The van der Waals surface area contributed by atoms with Crippen molar-refractivity contribution in [3.8, 4) is 0 Å². The Labute approximate surface area is 153 Å². The molecule has 2 rings (SSSR count). The van der Waals surface area contributed by atoms with Gasteiger partial charge in [-0.05, 0) is 45.2 Å². The topological polar surface area (TPSA) is 35.6 Å². The quantitative estimate of drug-likeness (QED) is 0.699. The molecular weight excluding hydrogens is 310 g/mol. The fourth-order valence-corrected chi connectivity index (χ4v) is 3.44. The predicted octanol–water partition coefficient (Wildman–Crippen LogP) is 2.93. The van der Waals surface area contributed by atoms with Crippen LogP contribution in [0.1, 0.15) is 45.6 Å². The summed E-state index contributed by atoms with van der Waals surface area (Å²) in [6.07, 6.45) is 3.71. The fraction of sp³-hybridized carbons (Fsp3) is 0.667. The van der Waals surface area contributed by atoms with Gasteiger partial charge in [-0.25, -0.2) is 0 Å². The maximum atomic E-state index is 12.1. The molecule has 0 aliphatic carbocycles. The molecule has 0 aromatic heterocycles. The van der Waals surface area contributed by atoms with E-state index in [0.717, 1.165) is 58.5 Å². The van der Waals surface area contributed by atoms with Gasteiger partial charge in [-0.1, -0.05) is 37.3 Å². The van der Waals surface area contributed by atoms with E-state index < -0.39 is 0 Å². The number of rotatable bonds is 9. The number of unbranched alkanes of at least 4 members (excludes halogenated alkanes) is 1. The number of nitrogens with zero attached hydrogens (tertiary/aromatic N) is 2. The molecule has 25 heavy (non-hydrogen) atoms. The lowest BCUT2D eigenvalue weighted by Gasteiger charge is -2.44. The summed E-state index contributed by atoms with van der Waals surface area (Å²) in [7, 11) is 0. The first-order valence-corrected chi connectivity index (χ1v) is 9.79. The summed E-state index contributed by atoms with van der Waals surface area (Å²) in [5, 5.41) is 3.15. The molecule has 1 heterocycles. The second-order valence-electron chi connectivity index (χ2n) is 7.70. The third-order valence-corrected chi connectivity index (χ3v) is 5.36. The molecule has 1 fully saturated rings. The van der Waals surface area contributed by atoms with Gasteiger partial charge in [0.2, 0.25) is 5.91 Å². The third kappa shape index (κ3) is 6.79. The second-order valence-corrected chi connectivity index (χ2v) is 7.70. The number of benzene rings is 1. The van der Waals surface area contributed by atoms with Crippen LogP contribution in [-0.2, 0) is 11.2 Å². The summed E-state index contributed by atoms with van der Waals surface area (Å²) in [5.41, 5.74) is 1.38.